The maximum Gasteiger partial charge on any atom is 0.251 e. The number of pyridine rings is 1. The Labute approximate surface area is 106 Å². The first kappa shape index (κ1) is 12.5. The maximum absolute atomic E-state index is 12.0. The number of aromatic hydroxyl groups is 4. The molecular formula is C12H9NO6. The topological polar surface area (TPSA) is 131 Å². The zero-order valence-electron chi connectivity index (χ0n) is 9.41. The lowest BCUT2D eigenvalue weighted by Gasteiger charge is -2.07. The first-order valence-electron chi connectivity index (χ1n) is 5.11. The Hall–Kier alpha value is -2.96. The van der Waals surface area contributed by atoms with Crippen LogP contribution in [-0.2, 0) is 0 Å². The summed E-state index contributed by atoms with van der Waals surface area (Å²) in [6.07, 6.45) is 0. The number of ketones is 1. The number of benzene rings is 1. The minimum absolute atomic E-state index is 0.211. The molecule has 1 aromatic heterocycles. The van der Waals surface area contributed by atoms with Crippen LogP contribution in [0, 0.1) is 0 Å². The van der Waals surface area contributed by atoms with E-state index in [2.05, 4.69) is 0 Å². The summed E-state index contributed by atoms with van der Waals surface area (Å²) in [6, 6.07) is 3.64. The van der Waals surface area contributed by atoms with Crippen LogP contribution in [0.1, 0.15) is 15.9 Å². The summed E-state index contributed by atoms with van der Waals surface area (Å²) in [4.78, 5) is 25.2. The number of H-pyrrole nitrogens is 1. The molecule has 7 nitrogen and oxygen atoms in total. The number of nitrogens with one attached hydrogen (secondary N) is 1. The maximum atomic E-state index is 12.0. The van der Waals surface area contributed by atoms with Gasteiger partial charge in [-0.05, 0) is 0 Å². The third-order valence-electron chi connectivity index (χ3n) is 2.40. The van der Waals surface area contributed by atoms with E-state index in [-0.39, 0.29) is 5.56 Å². The van der Waals surface area contributed by atoms with Crippen LogP contribution in [0.25, 0.3) is 0 Å². The van der Waals surface area contributed by atoms with Gasteiger partial charge in [0.1, 0.15) is 22.8 Å². The van der Waals surface area contributed by atoms with Gasteiger partial charge in [0.15, 0.2) is 5.88 Å². The molecule has 0 fully saturated rings. The van der Waals surface area contributed by atoms with Gasteiger partial charge in [0, 0.05) is 29.8 Å². The van der Waals surface area contributed by atoms with Gasteiger partial charge in [0.05, 0.1) is 0 Å². The molecule has 0 bridgehead atoms. The second-order valence-electron chi connectivity index (χ2n) is 3.81. The van der Waals surface area contributed by atoms with Crippen molar-refractivity contribution >= 4 is 5.78 Å². The molecule has 98 valence electrons. The van der Waals surface area contributed by atoms with Gasteiger partial charge in [-0.3, -0.25) is 14.6 Å². The van der Waals surface area contributed by atoms with Crippen molar-refractivity contribution in [1.82, 2.24) is 4.98 Å². The molecule has 5 N–H and O–H groups in total. The summed E-state index contributed by atoms with van der Waals surface area (Å²) in [5.74, 6) is -3.07. The largest absolute Gasteiger partial charge is 0.508 e. The number of carbonyl (C=O) groups is 1. The predicted octanol–water partition coefficient (Wildman–Crippen LogP) is 0.428. The number of hydrogen-bond donors (Lipinski definition) is 5. The molecule has 0 unspecified atom stereocenters. The van der Waals surface area contributed by atoms with Gasteiger partial charge in [-0.25, -0.2) is 0 Å². The summed E-state index contributed by atoms with van der Waals surface area (Å²) >= 11 is 0. The number of phenols is 3. The molecule has 0 amide bonds. The normalized spacial score (nSPS) is 10.3. The fourth-order valence-corrected chi connectivity index (χ4v) is 1.63. The summed E-state index contributed by atoms with van der Waals surface area (Å²) < 4.78 is 0. The van der Waals surface area contributed by atoms with Gasteiger partial charge in [0.2, 0.25) is 5.78 Å². The van der Waals surface area contributed by atoms with Crippen LogP contribution >= 0.6 is 0 Å². The molecule has 0 aliphatic rings. The summed E-state index contributed by atoms with van der Waals surface area (Å²) in [7, 11) is 0. The van der Waals surface area contributed by atoms with Crippen molar-refractivity contribution in [3.8, 4) is 23.1 Å². The average molecular weight is 263 g/mol. The highest BCUT2D eigenvalue weighted by atomic mass is 16.3. The van der Waals surface area contributed by atoms with E-state index in [1.165, 1.54) is 0 Å². The summed E-state index contributed by atoms with van der Waals surface area (Å²) in [5.41, 5.74) is -1.39. The van der Waals surface area contributed by atoms with Crippen LogP contribution in [0.3, 0.4) is 0 Å². The SMILES string of the molecule is O=C(c1cc(O)[nH]c(=O)c1)c1c(O)cc(O)cc1O. The zero-order chi connectivity index (χ0) is 14.2. The van der Waals surface area contributed by atoms with Gasteiger partial charge in [-0.1, -0.05) is 0 Å². The van der Waals surface area contributed by atoms with E-state index in [9.17, 15) is 24.9 Å². The van der Waals surface area contributed by atoms with Gasteiger partial charge in [-0.15, -0.1) is 0 Å². The molecule has 2 rings (SSSR count). The minimum atomic E-state index is -0.864. The van der Waals surface area contributed by atoms with Gasteiger partial charge < -0.3 is 20.4 Å². The molecular weight excluding hydrogens is 254 g/mol. The van der Waals surface area contributed by atoms with E-state index in [4.69, 9.17) is 5.11 Å². The van der Waals surface area contributed by atoms with E-state index >= 15 is 0 Å². The molecule has 0 aliphatic carbocycles. The fourth-order valence-electron chi connectivity index (χ4n) is 1.63. The third-order valence-corrected chi connectivity index (χ3v) is 2.40. The van der Waals surface area contributed by atoms with Crippen molar-refractivity contribution < 1.29 is 25.2 Å². The van der Waals surface area contributed by atoms with E-state index in [1.807, 2.05) is 4.98 Å². The zero-order valence-corrected chi connectivity index (χ0v) is 9.41. The molecule has 0 saturated heterocycles. The van der Waals surface area contributed by atoms with Crippen LogP contribution in [0.2, 0.25) is 0 Å². The highest BCUT2D eigenvalue weighted by Gasteiger charge is 2.20. The molecule has 0 spiro atoms. The summed E-state index contributed by atoms with van der Waals surface area (Å²) in [6.45, 7) is 0. The van der Waals surface area contributed by atoms with Crippen LogP contribution < -0.4 is 5.56 Å². The summed E-state index contributed by atoms with van der Waals surface area (Å²) in [5, 5.41) is 37.4. The Morgan fingerprint density at radius 2 is 1.53 bits per heavy atom. The lowest BCUT2D eigenvalue weighted by atomic mass is 10.0. The van der Waals surface area contributed by atoms with Crippen molar-refractivity contribution in [3.63, 3.8) is 0 Å². The average Bonchev–Trinajstić information content (AvgIpc) is 2.25. The molecule has 19 heavy (non-hydrogen) atoms. The molecule has 0 saturated carbocycles. The number of hydrogen-bond acceptors (Lipinski definition) is 6. The van der Waals surface area contributed by atoms with Crippen LogP contribution in [-0.4, -0.2) is 31.2 Å². The number of rotatable bonds is 2. The molecule has 0 aliphatic heterocycles. The molecule has 0 radical (unpaired) electrons. The highest BCUT2D eigenvalue weighted by molar-refractivity contribution is 6.12. The number of aromatic amines is 1. The lowest BCUT2D eigenvalue weighted by molar-refractivity contribution is 0.103. The number of phenolic OH excluding ortho intramolecular Hbond substituents is 3. The lowest BCUT2D eigenvalue weighted by Crippen LogP contribution is -2.10. The van der Waals surface area contributed by atoms with Crippen molar-refractivity contribution in [2.24, 2.45) is 0 Å². The minimum Gasteiger partial charge on any atom is -0.508 e. The Kier molecular flexibility index (Phi) is 2.88. The standard InChI is InChI=1S/C12H9NO6/c14-6-3-7(15)11(8(16)4-6)12(19)5-1-9(17)13-10(18)2-5/h1-4,14-16H,(H2,13,17,18). The van der Waals surface area contributed by atoms with Crippen molar-refractivity contribution in [3.05, 3.63) is 45.7 Å². The van der Waals surface area contributed by atoms with E-state index < -0.39 is 40.0 Å². The van der Waals surface area contributed by atoms with E-state index in [0.717, 1.165) is 24.3 Å². The number of aromatic nitrogens is 1. The van der Waals surface area contributed by atoms with Crippen LogP contribution in [0.5, 0.6) is 23.1 Å². The van der Waals surface area contributed by atoms with Crippen LogP contribution in [0.15, 0.2) is 29.1 Å². The quantitative estimate of drug-likeness (QED) is 0.499. The fraction of sp³-hybridized carbons (Fsp3) is 0. The Balaban J connectivity index is 2.59. The smallest absolute Gasteiger partial charge is 0.251 e. The second-order valence-corrected chi connectivity index (χ2v) is 3.81. The first-order valence-corrected chi connectivity index (χ1v) is 5.11. The first-order chi connectivity index (χ1) is 8.88. The monoisotopic (exact) mass is 263 g/mol. The third kappa shape index (κ3) is 2.34. The molecule has 1 heterocycles. The van der Waals surface area contributed by atoms with Gasteiger partial charge in [-0.2, -0.15) is 0 Å². The van der Waals surface area contributed by atoms with Gasteiger partial charge >= 0.3 is 0 Å². The molecule has 1 aromatic carbocycles. The second kappa shape index (κ2) is 4.37. The Bertz CT molecular complexity index is 695. The number of carbonyl (C=O) groups excluding carboxylic acids is 1. The van der Waals surface area contributed by atoms with Crippen molar-refractivity contribution in [1.29, 1.82) is 0 Å². The van der Waals surface area contributed by atoms with E-state index in [1.54, 1.807) is 0 Å². The van der Waals surface area contributed by atoms with E-state index in [0.29, 0.717) is 0 Å². The Morgan fingerprint density at radius 1 is 0.947 bits per heavy atom. The highest BCUT2D eigenvalue weighted by Crippen LogP contribution is 2.33. The predicted molar refractivity (Wildman–Crippen MR) is 63.6 cm³/mol. The molecule has 2 aromatic rings. The van der Waals surface area contributed by atoms with Crippen molar-refractivity contribution in [2.75, 3.05) is 0 Å². The van der Waals surface area contributed by atoms with Gasteiger partial charge in [0.25, 0.3) is 5.56 Å². The molecule has 0 atom stereocenters. The Morgan fingerprint density at radius 3 is 2.05 bits per heavy atom. The molecule has 7 heteroatoms. The van der Waals surface area contributed by atoms with Crippen LogP contribution in [0.4, 0.5) is 0 Å². The van der Waals surface area contributed by atoms with Crippen molar-refractivity contribution in [2.45, 2.75) is 0 Å².